The van der Waals surface area contributed by atoms with Crippen LogP contribution in [0.2, 0.25) is 0 Å². The molecule has 0 amide bonds. The van der Waals surface area contributed by atoms with Gasteiger partial charge in [0.05, 0.1) is 6.04 Å². The van der Waals surface area contributed by atoms with Gasteiger partial charge < -0.3 is 0 Å². The molecule has 1 atom stereocenters. The van der Waals surface area contributed by atoms with Crippen LogP contribution in [0.3, 0.4) is 0 Å². The highest BCUT2D eigenvalue weighted by Gasteiger charge is 2.11. The predicted molar refractivity (Wildman–Crippen MR) is 76.9 cm³/mol. The number of nitrogens with one attached hydrogen (secondary N) is 1. The summed E-state index contributed by atoms with van der Waals surface area (Å²) in [6.45, 7) is 2.07. The van der Waals surface area contributed by atoms with E-state index < -0.39 is 0 Å². The molecule has 1 aromatic heterocycles. The van der Waals surface area contributed by atoms with E-state index in [9.17, 15) is 0 Å². The van der Waals surface area contributed by atoms with Gasteiger partial charge in [0.2, 0.25) is 0 Å². The van der Waals surface area contributed by atoms with Gasteiger partial charge in [-0.05, 0) is 42.2 Å². The van der Waals surface area contributed by atoms with E-state index in [0.29, 0.717) is 0 Å². The molecular weight excluding hydrogens is 290 g/mol. The largest absolute Gasteiger partial charge is 0.271 e. The lowest BCUT2D eigenvalue weighted by atomic mass is 9.99. The minimum Gasteiger partial charge on any atom is -0.271 e. The summed E-state index contributed by atoms with van der Waals surface area (Å²) in [6.07, 6.45) is 4.47. The van der Waals surface area contributed by atoms with Gasteiger partial charge in [0.25, 0.3) is 0 Å². The topological polar surface area (TPSA) is 50.9 Å². The molecule has 0 bridgehead atoms. The Labute approximate surface area is 116 Å². The van der Waals surface area contributed by atoms with Gasteiger partial charge in [-0.2, -0.15) is 0 Å². The molecule has 0 radical (unpaired) electrons. The summed E-state index contributed by atoms with van der Waals surface area (Å²) >= 11 is 3.51. The van der Waals surface area contributed by atoms with Crippen LogP contribution in [0.4, 0.5) is 0 Å². The number of benzene rings is 1. The summed E-state index contributed by atoms with van der Waals surface area (Å²) in [7, 11) is 0. The summed E-state index contributed by atoms with van der Waals surface area (Å²) in [6, 6.07) is 10.4. The van der Waals surface area contributed by atoms with Gasteiger partial charge in [-0.15, -0.1) is 0 Å². The standard InChI is InChI=1S/C14H16BrN3/c1-10-7-12(4-5-13(10)15)14(18-16)8-11-3-2-6-17-9-11/h2-7,9,14,18H,8,16H2,1H3. The minimum atomic E-state index is 0.0981. The number of rotatable bonds is 4. The number of aromatic nitrogens is 1. The number of nitrogens with zero attached hydrogens (tertiary/aromatic N) is 1. The number of nitrogens with two attached hydrogens (primary N) is 1. The highest BCUT2D eigenvalue weighted by molar-refractivity contribution is 9.10. The van der Waals surface area contributed by atoms with E-state index in [4.69, 9.17) is 5.84 Å². The second-order valence-electron chi connectivity index (χ2n) is 4.29. The number of halogens is 1. The molecule has 18 heavy (non-hydrogen) atoms. The number of hydrogen-bond donors (Lipinski definition) is 2. The first-order valence-corrected chi connectivity index (χ1v) is 6.61. The quantitative estimate of drug-likeness (QED) is 0.674. The summed E-state index contributed by atoms with van der Waals surface area (Å²) in [5, 5.41) is 0. The van der Waals surface area contributed by atoms with Crippen LogP contribution in [0.5, 0.6) is 0 Å². The molecule has 0 spiro atoms. The fraction of sp³-hybridized carbons (Fsp3) is 0.214. The molecule has 0 fully saturated rings. The SMILES string of the molecule is Cc1cc(C(Cc2cccnc2)NN)ccc1Br. The molecule has 2 rings (SSSR count). The zero-order valence-corrected chi connectivity index (χ0v) is 11.8. The molecule has 0 aliphatic rings. The van der Waals surface area contributed by atoms with Crippen molar-refractivity contribution in [1.29, 1.82) is 0 Å². The fourth-order valence-electron chi connectivity index (χ4n) is 1.91. The van der Waals surface area contributed by atoms with Gasteiger partial charge in [0.15, 0.2) is 0 Å². The third-order valence-corrected chi connectivity index (χ3v) is 3.84. The van der Waals surface area contributed by atoms with Crippen molar-refractivity contribution in [2.24, 2.45) is 5.84 Å². The summed E-state index contributed by atoms with van der Waals surface area (Å²) in [5.41, 5.74) is 6.43. The Morgan fingerprint density at radius 3 is 2.83 bits per heavy atom. The second-order valence-corrected chi connectivity index (χ2v) is 5.15. The van der Waals surface area contributed by atoms with E-state index in [2.05, 4.69) is 57.5 Å². The van der Waals surface area contributed by atoms with Gasteiger partial charge in [0.1, 0.15) is 0 Å². The first-order chi connectivity index (χ1) is 8.70. The normalized spacial score (nSPS) is 12.4. The molecule has 0 aliphatic heterocycles. The second kappa shape index (κ2) is 6.09. The van der Waals surface area contributed by atoms with Crippen molar-refractivity contribution in [2.75, 3.05) is 0 Å². The summed E-state index contributed by atoms with van der Waals surface area (Å²) in [4.78, 5) is 4.12. The minimum absolute atomic E-state index is 0.0981. The predicted octanol–water partition coefficient (Wildman–Crippen LogP) is 2.90. The average Bonchev–Trinajstić information content (AvgIpc) is 2.40. The Kier molecular flexibility index (Phi) is 4.47. The molecule has 1 heterocycles. The first kappa shape index (κ1) is 13.2. The Bertz CT molecular complexity index is 514. The highest BCUT2D eigenvalue weighted by atomic mass is 79.9. The van der Waals surface area contributed by atoms with Crippen LogP contribution in [-0.4, -0.2) is 4.98 Å². The molecule has 1 aromatic carbocycles. The Hall–Kier alpha value is -1.23. The van der Waals surface area contributed by atoms with Gasteiger partial charge >= 0.3 is 0 Å². The lowest BCUT2D eigenvalue weighted by molar-refractivity contribution is 0.551. The maximum atomic E-state index is 5.66. The molecule has 0 aliphatic carbocycles. The van der Waals surface area contributed by atoms with E-state index in [-0.39, 0.29) is 6.04 Å². The fourth-order valence-corrected chi connectivity index (χ4v) is 2.16. The molecule has 0 saturated heterocycles. The van der Waals surface area contributed by atoms with Gasteiger partial charge in [0, 0.05) is 16.9 Å². The molecule has 94 valence electrons. The number of aryl methyl sites for hydroxylation is 1. The van der Waals surface area contributed by atoms with Crippen molar-refractivity contribution >= 4 is 15.9 Å². The number of hydrazine groups is 1. The van der Waals surface area contributed by atoms with Crippen LogP contribution < -0.4 is 11.3 Å². The van der Waals surface area contributed by atoms with Crippen LogP contribution >= 0.6 is 15.9 Å². The summed E-state index contributed by atoms with van der Waals surface area (Å²) < 4.78 is 1.11. The number of pyridine rings is 1. The Morgan fingerprint density at radius 1 is 1.39 bits per heavy atom. The van der Waals surface area contributed by atoms with Crippen LogP contribution in [-0.2, 0) is 6.42 Å². The number of hydrogen-bond acceptors (Lipinski definition) is 3. The van der Waals surface area contributed by atoms with E-state index in [0.717, 1.165) is 10.9 Å². The van der Waals surface area contributed by atoms with E-state index >= 15 is 0 Å². The maximum Gasteiger partial charge on any atom is 0.0500 e. The zero-order chi connectivity index (χ0) is 13.0. The first-order valence-electron chi connectivity index (χ1n) is 5.82. The van der Waals surface area contributed by atoms with E-state index in [1.807, 2.05) is 12.3 Å². The highest BCUT2D eigenvalue weighted by Crippen LogP contribution is 2.23. The van der Waals surface area contributed by atoms with Crippen molar-refractivity contribution in [3.05, 3.63) is 63.9 Å². The maximum absolute atomic E-state index is 5.66. The van der Waals surface area contributed by atoms with Crippen molar-refractivity contribution in [3.63, 3.8) is 0 Å². The molecule has 2 aromatic rings. The van der Waals surface area contributed by atoms with Crippen molar-refractivity contribution in [1.82, 2.24) is 10.4 Å². The van der Waals surface area contributed by atoms with E-state index in [1.54, 1.807) is 6.20 Å². The van der Waals surface area contributed by atoms with Crippen LogP contribution in [0.1, 0.15) is 22.7 Å². The van der Waals surface area contributed by atoms with Crippen molar-refractivity contribution in [3.8, 4) is 0 Å². The molecule has 3 N–H and O–H groups in total. The van der Waals surface area contributed by atoms with Crippen LogP contribution in [0.25, 0.3) is 0 Å². The lowest BCUT2D eigenvalue weighted by Crippen LogP contribution is -2.29. The van der Waals surface area contributed by atoms with E-state index in [1.165, 1.54) is 16.7 Å². The zero-order valence-electron chi connectivity index (χ0n) is 10.2. The van der Waals surface area contributed by atoms with Crippen LogP contribution in [0, 0.1) is 6.92 Å². The molecule has 4 heteroatoms. The lowest BCUT2D eigenvalue weighted by Gasteiger charge is -2.17. The Balaban J connectivity index is 2.20. The van der Waals surface area contributed by atoms with Crippen LogP contribution in [0.15, 0.2) is 47.2 Å². The Morgan fingerprint density at radius 2 is 2.22 bits per heavy atom. The average molecular weight is 306 g/mol. The van der Waals surface area contributed by atoms with Gasteiger partial charge in [-0.1, -0.05) is 34.1 Å². The monoisotopic (exact) mass is 305 g/mol. The molecule has 1 unspecified atom stereocenters. The van der Waals surface area contributed by atoms with Gasteiger partial charge in [-0.3, -0.25) is 16.3 Å². The third-order valence-electron chi connectivity index (χ3n) is 2.95. The molecule has 3 nitrogen and oxygen atoms in total. The molecular formula is C14H16BrN3. The molecule has 0 saturated carbocycles. The van der Waals surface area contributed by atoms with Crippen molar-refractivity contribution < 1.29 is 0 Å². The third kappa shape index (κ3) is 3.16. The smallest absolute Gasteiger partial charge is 0.0500 e. The van der Waals surface area contributed by atoms with Crippen molar-refractivity contribution in [2.45, 2.75) is 19.4 Å². The van der Waals surface area contributed by atoms with Gasteiger partial charge in [-0.25, -0.2) is 0 Å². The summed E-state index contributed by atoms with van der Waals surface area (Å²) in [5.74, 6) is 5.66.